The van der Waals surface area contributed by atoms with Gasteiger partial charge in [-0.1, -0.05) is 0 Å². The van der Waals surface area contributed by atoms with E-state index in [-0.39, 0.29) is 12.2 Å². The Morgan fingerprint density at radius 1 is 1.44 bits per heavy atom. The number of imidazole rings is 1. The molecule has 96 valence electrons. The second kappa shape index (κ2) is 4.75. The third kappa shape index (κ3) is 2.66. The topological polar surface area (TPSA) is 101 Å². The Labute approximate surface area is 103 Å². The van der Waals surface area contributed by atoms with Crippen LogP contribution in [0.2, 0.25) is 0 Å². The van der Waals surface area contributed by atoms with E-state index in [1.54, 1.807) is 0 Å². The number of halogens is 1. The number of sulfonamides is 1. The number of nitrogens with two attached hydrogens (primary N) is 1. The van der Waals surface area contributed by atoms with E-state index in [2.05, 4.69) is 14.7 Å². The number of H-pyrrole nitrogens is 1. The molecule has 8 heteroatoms. The van der Waals surface area contributed by atoms with Crippen LogP contribution in [-0.2, 0) is 16.6 Å². The van der Waals surface area contributed by atoms with Crippen molar-refractivity contribution in [3.8, 4) is 0 Å². The van der Waals surface area contributed by atoms with Crippen LogP contribution in [0.15, 0.2) is 35.6 Å². The first-order valence-corrected chi connectivity index (χ1v) is 6.49. The van der Waals surface area contributed by atoms with Crippen molar-refractivity contribution in [2.24, 2.45) is 0 Å². The van der Waals surface area contributed by atoms with Crippen molar-refractivity contribution in [3.05, 3.63) is 42.2 Å². The van der Waals surface area contributed by atoms with Gasteiger partial charge in [-0.25, -0.2) is 22.5 Å². The van der Waals surface area contributed by atoms with E-state index in [0.29, 0.717) is 5.69 Å². The van der Waals surface area contributed by atoms with E-state index >= 15 is 0 Å². The number of benzene rings is 1. The SMILES string of the molecule is Nc1ccc(F)c(S(=O)(=O)NCc2cnc[nH]2)c1. The zero-order valence-electron chi connectivity index (χ0n) is 9.22. The number of nitrogens with zero attached hydrogens (tertiary/aromatic N) is 1. The highest BCUT2D eigenvalue weighted by Gasteiger charge is 2.19. The summed E-state index contributed by atoms with van der Waals surface area (Å²) in [6.45, 7) is -0.00340. The summed E-state index contributed by atoms with van der Waals surface area (Å²) >= 11 is 0. The average molecular weight is 270 g/mol. The van der Waals surface area contributed by atoms with Crippen molar-refractivity contribution in [1.29, 1.82) is 0 Å². The second-order valence-electron chi connectivity index (χ2n) is 3.59. The molecule has 1 heterocycles. The van der Waals surface area contributed by atoms with Crippen molar-refractivity contribution in [3.63, 3.8) is 0 Å². The lowest BCUT2D eigenvalue weighted by molar-refractivity contribution is 0.556. The minimum absolute atomic E-state index is 0.00340. The van der Waals surface area contributed by atoms with Crippen LogP contribution in [0.25, 0.3) is 0 Å². The van der Waals surface area contributed by atoms with Crippen LogP contribution >= 0.6 is 0 Å². The fourth-order valence-electron chi connectivity index (χ4n) is 1.36. The quantitative estimate of drug-likeness (QED) is 0.708. The molecule has 0 fully saturated rings. The summed E-state index contributed by atoms with van der Waals surface area (Å²) in [5.74, 6) is -0.846. The third-order valence-corrected chi connectivity index (χ3v) is 3.67. The molecule has 4 N–H and O–H groups in total. The Kier molecular flexibility index (Phi) is 3.30. The normalized spacial score (nSPS) is 11.6. The number of aromatic nitrogens is 2. The fraction of sp³-hybridized carbons (Fsp3) is 0.100. The zero-order valence-corrected chi connectivity index (χ0v) is 10.0. The number of nitrogens with one attached hydrogen (secondary N) is 2. The fourth-order valence-corrected chi connectivity index (χ4v) is 2.47. The maximum atomic E-state index is 13.4. The summed E-state index contributed by atoms with van der Waals surface area (Å²) in [5.41, 5.74) is 6.19. The maximum absolute atomic E-state index is 13.4. The van der Waals surface area contributed by atoms with Crippen molar-refractivity contribution in [1.82, 2.24) is 14.7 Å². The molecule has 0 amide bonds. The standard InChI is InChI=1S/C10H11FN4O2S/c11-9-2-1-7(12)3-10(9)18(16,17)15-5-8-4-13-6-14-8/h1-4,6,15H,5,12H2,(H,13,14). The minimum Gasteiger partial charge on any atom is -0.399 e. The smallest absolute Gasteiger partial charge is 0.243 e. The Balaban J connectivity index is 2.22. The molecule has 0 bridgehead atoms. The number of rotatable bonds is 4. The van der Waals surface area contributed by atoms with Gasteiger partial charge in [-0.05, 0) is 18.2 Å². The first-order valence-electron chi connectivity index (χ1n) is 5.01. The molecule has 0 saturated heterocycles. The van der Waals surface area contributed by atoms with E-state index < -0.39 is 20.7 Å². The summed E-state index contributed by atoms with van der Waals surface area (Å²) in [6, 6.07) is 3.38. The molecule has 0 aliphatic rings. The number of hydrogen-bond acceptors (Lipinski definition) is 4. The van der Waals surface area contributed by atoms with Gasteiger partial charge in [-0.2, -0.15) is 0 Å². The molecule has 0 aliphatic heterocycles. The molecule has 0 radical (unpaired) electrons. The minimum atomic E-state index is -3.94. The van der Waals surface area contributed by atoms with Crippen molar-refractivity contribution in [2.75, 3.05) is 5.73 Å². The molecule has 0 saturated carbocycles. The molecule has 2 aromatic rings. The molecule has 0 atom stereocenters. The van der Waals surface area contributed by atoms with Crippen LogP contribution in [0.3, 0.4) is 0 Å². The molecule has 1 aromatic carbocycles. The predicted molar refractivity (Wildman–Crippen MR) is 63.4 cm³/mol. The summed E-state index contributed by atoms with van der Waals surface area (Å²) in [6.07, 6.45) is 2.89. The average Bonchev–Trinajstić information content (AvgIpc) is 2.83. The largest absolute Gasteiger partial charge is 0.399 e. The van der Waals surface area contributed by atoms with Gasteiger partial charge in [0.1, 0.15) is 10.7 Å². The van der Waals surface area contributed by atoms with Crippen LogP contribution in [0.1, 0.15) is 5.69 Å². The molecule has 2 rings (SSSR count). The van der Waals surface area contributed by atoms with Crippen LogP contribution in [0, 0.1) is 5.82 Å². The molecular weight excluding hydrogens is 259 g/mol. The third-order valence-electron chi connectivity index (χ3n) is 2.25. The van der Waals surface area contributed by atoms with Gasteiger partial charge < -0.3 is 10.7 Å². The van der Waals surface area contributed by atoms with Crippen LogP contribution in [0.4, 0.5) is 10.1 Å². The highest BCUT2D eigenvalue weighted by atomic mass is 32.2. The van der Waals surface area contributed by atoms with E-state index in [0.717, 1.165) is 12.1 Å². The van der Waals surface area contributed by atoms with Gasteiger partial charge >= 0.3 is 0 Å². The van der Waals surface area contributed by atoms with E-state index in [9.17, 15) is 12.8 Å². The highest BCUT2D eigenvalue weighted by molar-refractivity contribution is 7.89. The summed E-state index contributed by atoms with van der Waals surface area (Å²) in [4.78, 5) is 6.00. The molecule has 0 spiro atoms. The van der Waals surface area contributed by atoms with Crippen molar-refractivity contribution < 1.29 is 12.8 Å². The number of aromatic amines is 1. The number of hydrogen-bond donors (Lipinski definition) is 3. The van der Waals surface area contributed by atoms with Gasteiger partial charge in [0.05, 0.1) is 12.9 Å². The first-order chi connectivity index (χ1) is 8.49. The second-order valence-corrected chi connectivity index (χ2v) is 5.33. The molecule has 0 unspecified atom stereocenters. The number of anilines is 1. The van der Waals surface area contributed by atoms with Gasteiger partial charge in [0.25, 0.3) is 0 Å². The maximum Gasteiger partial charge on any atom is 0.243 e. The molecular formula is C10H11FN4O2S. The predicted octanol–water partition coefficient (Wildman–Crippen LogP) is 0.609. The van der Waals surface area contributed by atoms with Gasteiger partial charge in [-0.15, -0.1) is 0 Å². The molecule has 6 nitrogen and oxygen atoms in total. The summed E-state index contributed by atoms with van der Waals surface area (Å²) < 4.78 is 39.4. The Morgan fingerprint density at radius 2 is 2.22 bits per heavy atom. The lowest BCUT2D eigenvalue weighted by atomic mass is 10.3. The Hall–Kier alpha value is -1.93. The van der Waals surface area contributed by atoms with Gasteiger partial charge in [0.15, 0.2) is 0 Å². The van der Waals surface area contributed by atoms with E-state index in [1.165, 1.54) is 18.6 Å². The lowest BCUT2D eigenvalue weighted by Crippen LogP contribution is -2.24. The Morgan fingerprint density at radius 3 is 2.89 bits per heavy atom. The van der Waals surface area contributed by atoms with E-state index in [1.807, 2.05) is 0 Å². The summed E-state index contributed by atoms with van der Waals surface area (Å²) in [7, 11) is -3.94. The van der Waals surface area contributed by atoms with Gasteiger partial charge in [-0.3, -0.25) is 0 Å². The van der Waals surface area contributed by atoms with Crippen molar-refractivity contribution in [2.45, 2.75) is 11.4 Å². The van der Waals surface area contributed by atoms with Crippen LogP contribution in [0.5, 0.6) is 0 Å². The zero-order chi connectivity index (χ0) is 13.2. The Bertz CT molecular complexity index is 640. The van der Waals surface area contributed by atoms with E-state index in [4.69, 9.17) is 5.73 Å². The lowest BCUT2D eigenvalue weighted by Gasteiger charge is -2.07. The monoisotopic (exact) mass is 270 g/mol. The van der Waals surface area contributed by atoms with Crippen LogP contribution in [-0.4, -0.2) is 18.4 Å². The van der Waals surface area contributed by atoms with Crippen LogP contribution < -0.4 is 10.5 Å². The van der Waals surface area contributed by atoms with Crippen molar-refractivity contribution >= 4 is 15.7 Å². The highest BCUT2D eigenvalue weighted by Crippen LogP contribution is 2.17. The first kappa shape index (κ1) is 12.5. The molecule has 1 aromatic heterocycles. The van der Waals surface area contributed by atoms with Gasteiger partial charge in [0.2, 0.25) is 10.0 Å². The van der Waals surface area contributed by atoms with Gasteiger partial charge in [0, 0.05) is 17.6 Å². The molecule has 18 heavy (non-hydrogen) atoms. The number of nitrogen functional groups attached to an aromatic ring is 1. The summed E-state index contributed by atoms with van der Waals surface area (Å²) in [5, 5.41) is 0. The molecule has 0 aliphatic carbocycles.